The van der Waals surface area contributed by atoms with E-state index in [1.54, 1.807) is 84.7 Å². The first-order valence-electron chi connectivity index (χ1n) is 35.7. The van der Waals surface area contributed by atoms with E-state index in [0.717, 1.165) is 73.7 Å². The van der Waals surface area contributed by atoms with E-state index in [2.05, 4.69) is 60.6 Å². The molecule has 1 heterocycles. The van der Waals surface area contributed by atoms with Crippen molar-refractivity contribution in [3.8, 4) is 11.5 Å². The highest BCUT2D eigenvalue weighted by Crippen LogP contribution is 2.42. The van der Waals surface area contributed by atoms with Crippen molar-refractivity contribution in [2.45, 2.75) is 121 Å². The van der Waals surface area contributed by atoms with Crippen molar-refractivity contribution in [2.24, 2.45) is 4.99 Å². The Morgan fingerprint density at radius 2 is 0.852 bits per heavy atom. The maximum atomic E-state index is 12.1. The molecule has 0 spiro atoms. The normalized spacial score (nSPS) is 12.2. The average molecular weight is 1840 g/mol. The zero-order valence-corrected chi connectivity index (χ0v) is 77.0. The number of rotatable bonds is 19. The topological polar surface area (TPSA) is 203 Å². The predicted octanol–water partition coefficient (Wildman–Crippen LogP) is 32.1. The maximum Gasteiger partial charge on any atom is 0.231 e. The zero-order valence-electron chi connectivity index (χ0n) is 65.2. The molecule has 10 aromatic rings. The molecule has 0 amide bonds. The van der Waals surface area contributed by atoms with E-state index in [1.165, 1.54) is 87.3 Å². The zero-order chi connectivity index (χ0) is 84.0. The summed E-state index contributed by atoms with van der Waals surface area (Å²) in [7, 11) is 3.51. The molecule has 115 heavy (non-hydrogen) atoms. The van der Waals surface area contributed by atoms with Crippen LogP contribution in [0.25, 0.3) is 10.8 Å². The van der Waals surface area contributed by atoms with E-state index in [1.807, 2.05) is 185 Å². The number of halogens is 8. The van der Waals surface area contributed by atoms with Crippen molar-refractivity contribution in [3.05, 3.63) is 315 Å². The smallest absolute Gasteiger partial charge is 0.231 e. The Labute approximate surface area is 750 Å². The van der Waals surface area contributed by atoms with Crippen LogP contribution in [0.3, 0.4) is 0 Å². The monoisotopic (exact) mass is 1830 g/mol. The van der Waals surface area contributed by atoms with Crippen LogP contribution < -0.4 is 14.8 Å². The van der Waals surface area contributed by atoms with Gasteiger partial charge in [-0.25, -0.2) is 0 Å². The summed E-state index contributed by atoms with van der Waals surface area (Å²) in [6.07, 6.45) is 1.78. The summed E-state index contributed by atoms with van der Waals surface area (Å²) in [5.41, 5.74) is 9.83. The lowest BCUT2D eigenvalue weighted by molar-refractivity contribution is 0.102. The summed E-state index contributed by atoms with van der Waals surface area (Å²) in [5.74, 6) is 2.13. The van der Waals surface area contributed by atoms with Gasteiger partial charge in [0.1, 0.15) is 0 Å². The van der Waals surface area contributed by atoms with Gasteiger partial charge in [0.25, 0.3) is 0 Å². The third kappa shape index (κ3) is 37.4. The summed E-state index contributed by atoms with van der Waals surface area (Å²) in [6, 6.07) is 72.9. The number of ketones is 1. The van der Waals surface area contributed by atoms with Gasteiger partial charge in [-0.1, -0.05) is 288 Å². The second kappa shape index (κ2) is 54.2. The number of thioether (sulfide) groups is 7. The number of carbonyl (C=O) groups is 1. The van der Waals surface area contributed by atoms with Crippen LogP contribution in [0.5, 0.6) is 11.5 Å². The standard InChI is InChI=1S/C16H15Cl2NS.C15H16N2OS.C15H15NS.C11H13Cl2NS.C11H13NO2S.2C10H11Cl2NS.CH4/c1-11(19)20-16(9-12-5-3-2-4-6-12)14-8-7-13(17)10-15(14)18;1-16-15(17-2)19-10-14(18)13-8-7-11-5-3-4-6-12(11)9-13;1-12(16)17-15(13-8-4-2-5-9-13)14-10-6-3-7-11-14;1-3-11(15-7(2)14)9-5-4-8(12)6-10(9)13;1-7(15-8(2)12)9-3-4-10-11(5-9)14-6-13-10;1-6(14-7(2)13)9-4-3-8(11)5-10(9)12;1-6(14-7(2)13)8-3-4-9(11)10(12)5-8;/h2-8,10,16,19H,9H2,1H3;3-9H,10H2,1-2H3,(H,16,17);2-11,15-16H,1H3;4-6,11,14H,3H2,1-2H3;3-5,7,12H,6H2,1-2H3;2*3-6,13H,1-2H3;1H4. The first kappa shape index (κ1) is 101. The van der Waals surface area contributed by atoms with Crippen LogP contribution in [0.15, 0.2) is 229 Å². The van der Waals surface area contributed by atoms with Gasteiger partial charge < -0.3 is 14.8 Å². The number of aliphatic imine (C=N–C) groups is 1. The quantitative estimate of drug-likeness (QED) is 0.0231. The van der Waals surface area contributed by atoms with E-state index in [-0.39, 0.29) is 44.7 Å². The van der Waals surface area contributed by atoms with Gasteiger partial charge >= 0.3 is 0 Å². The molecule has 0 aromatic heterocycles. The molecule has 11 nitrogen and oxygen atoms in total. The molecule has 1 aliphatic heterocycles. The van der Waals surface area contributed by atoms with Crippen LogP contribution in [-0.2, 0) is 6.42 Å². The minimum Gasteiger partial charge on any atom is -0.454 e. The lowest BCUT2D eigenvalue weighted by Gasteiger charge is -2.18. The third-order valence-corrected chi connectivity index (χ3v) is 25.8. The number of carbonyl (C=O) groups excluding carboxylic acids is 1. The third-order valence-electron chi connectivity index (χ3n) is 16.0. The minimum atomic E-state index is 0. The Morgan fingerprint density at radius 3 is 1.31 bits per heavy atom. The van der Waals surface area contributed by atoms with E-state index in [4.69, 9.17) is 135 Å². The molecular weight excluding hydrogens is 1740 g/mol. The van der Waals surface area contributed by atoms with Crippen molar-refractivity contribution in [1.82, 2.24) is 5.32 Å². The molecule has 5 unspecified atom stereocenters. The van der Waals surface area contributed by atoms with Crippen LogP contribution in [0.1, 0.15) is 169 Å². The molecule has 610 valence electrons. The minimum absolute atomic E-state index is 0. The van der Waals surface area contributed by atoms with Gasteiger partial charge in [-0.05, 0) is 197 Å². The summed E-state index contributed by atoms with van der Waals surface area (Å²) in [4.78, 5) is 16.2. The van der Waals surface area contributed by atoms with Gasteiger partial charge in [-0.3, -0.25) is 42.2 Å². The van der Waals surface area contributed by atoms with E-state index in [0.29, 0.717) is 83.0 Å². The molecule has 11 rings (SSSR count). The summed E-state index contributed by atoms with van der Waals surface area (Å²) >= 11 is 58.3. The van der Waals surface area contributed by atoms with Gasteiger partial charge in [0.15, 0.2) is 22.4 Å². The molecule has 5 atom stereocenters. The SMILES string of the molecule is C.CC(=N)SC(C)c1ccc(Cl)c(Cl)c1.CC(=N)SC(C)c1ccc(Cl)cc1Cl.CC(=N)SC(C)c1ccc2c(c1)OCO2.CC(=N)SC(Cc1ccccc1)c1ccc(Cl)cc1Cl.CC(=N)SC(c1ccccc1)c1ccccc1.CCC(SC(C)=N)c1ccc(Cl)cc1Cl.CN=C(NC)SCC(=O)c1ccc2ccccc2c1. The summed E-state index contributed by atoms with van der Waals surface area (Å²) in [6.45, 7) is 19.3. The van der Waals surface area contributed by atoms with E-state index < -0.39 is 0 Å². The maximum absolute atomic E-state index is 12.1. The molecule has 10 aromatic carbocycles. The molecule has 0 fully saturated rings. The van der Waals surface area contributed by atoms with E-state index in [9.17, 15) is 4.79 Å². The fraction of sp³-hybridized carbons (Fsp3) is 0.258. The Bertz CT molecular complexity index is 4810. The van der Waals surface area contributed by atoms with Gasteiger partial charge in [0, 0.05) is 76.0 Å². The van der Waals surface area contributed by atoms with Crippen LogP contribution in [-0.4, -0.2) is 67.9 Å². The Hall–Kier alpha value is -6.01. The molecule has 7 N–H and O–H groups in total. The molecule has 26 heteroatoms. The van der Waals surface area contributed by atoms with Crippen LogP contribution in [0.4, 0.5) is 0 Å². The predicted molar refractivity (Wildman–Crippen MR) is 520 cm³/mol. The number of fused-ring (bicyclic) bond motifs is 2. The summed E-state index contributed by atoms with van der Waals surface area (Å²) in [5, 5.41) is 61.1. The largest absolute Gasteiger partial charge is 0.454 e. The molecular formula is C89H98Cl8N8O3S7. The Kier molecular flexibility index (Phi) is 47.8. The van der Waals surface area contributed by atoms with Gasteiger partial charge in [0.2, 0.25) is 6.79 Å². The number of nitrogens with one attached hydrogen (secondary N) is 7. The van der Waals surface area contributed by atoms with Gasteiger partial charge in [-0.2, -0.15) is 0 Å². The van der Waals surface area contributed by atoms with Crippen molar-refractivity contribution in [2.75, 3.05) is 26.6 Å². The van der Waals surface area contributed by atoms with Crippen LogP contribution in [0, 0.1) is 32.5 Å². The van der Waals surface area contributed by atoms with E-state index >= 15 is 0 Å². The van der Waals surface area contributed by atoms with Crippen molar-refractivity contribution >= 4 is 227 Å². The Morgan fingerprint density at radius 1 is 0.426 bits per heavy atom. The highest BCUT2D eigenvalue weighted by Gasteiger charge is 2.21. The van der Waals surface area contributed by atoms with Gasteiger partial charge in [0.05, 0.1) is 51.3 Å². The number of hydrogen-bond donors (Lipinski definition) is 7. The second-order valence-corrected chi connectivity index (χ2v) is 38.2. The van der Waals surface area contributed by atoms with Crippen LogP contribution in [0.2, 0.25) is 40.2 Å². The number of hydrogen-bond acceptors (Lipinski definition) is 17. The Balaban J connectivity index is 0.000000283. The average Bonchev–Trinajstić information content (AvgIpc) is 1.65. The number of benzene rings is 10. The number of amidine groups is 1. The molecule has 0 saturated heterocycles. The molecule has 0 saturated carbocycles. The number of ether oxygens (including phenoxy) is 2. The second-order valence-electron chi connectivity index (χ2n) is 25.1. The highest BCUT2D eigenvalue weighted by atomic mass is 35.5. The van der Waals surface area contributed by atoms with Crippen molar-refractivity contribution in [1.29, 1.82) is 32.5 Å². The van der Waals surface area contributed by atoms with Gasteiger partial charge in [-0.15, -0.1) is 58.8 Å². The lowest BCUT2D eigenvalue weighted by Crippen LogP contribution is -2.16. The molecule has 0 aliphatic carbocycles. The first-order valence-corrected chi connectivity index (χ1v) is 45.0. The first-order chi connectivity index (χ1) is 54.3. The fourth-order valence-corrected chi connectivity index (χ4v) is 19.0. The fourth-order valence-electron chi connectivity index (χ4n) is 10.7. The van der Waals surface area contributed by atoms with Crippen molar-refractivity contribution < 1.29 is 14.3 Å². The van der Waals surface area contributed by atoms with Crippen molar-refractivity contribution in [3.63, 3.8) is 0 Å². The molecule has 1 aliphatic rings. The molecule has 0 radical (unpaired) electrons. The number of nitrogens with zero attached hydrogens (tertiary/aromatic N) is 1. The number of Topliss-reactive ketones (excluding diaryl/α,β-unsaturated/α-hetero) is 1. The molecule has 0 bridgehead atoms. The lowest BCUT2D eigenvalue weighted by atomic mass is 10.0. The summed E-state index contributed by atoms with van der Waals surface area (Å²) < 4.78 is 10.6. The van der Waals surface area contributed by atoms with Crippen LogP contribution >= 0.6 is 175 Å². The highest BCUT2D eigenvalue weighted by molar-refractivity contribution is 8.15.